The van der Waals surface area contributed by atoms with Crippen molar-refractivity contribution >= 4 is 50.5 Å². The molecule has 2 aromatic heterocycles. The number of sulfonamides is 1. The summed E-state index contributed by atoms with van der Waals surface area (Å²) in [4.78, 5) is 25.8. The van der Waals surface area contributed by atoms with E-state index in [9.17, 15) is 26.4 Å². The number of nitrogens with zero attached hydrogens (tertiary/aromatic N) is 2. The van der Waals surface area contributed by atoms with Gasteiger partial charge >= 0.3 is 12.1 Å². The number of amides is 1. The predicted octanol–water partition coefficient (Wildman–Crippen LogP) is 4.05. The molecule has 3 rings (SSSR count). The number of aromatic nitrogens is 2. The molecule has 0 aliphatic carbocycles. The molecular formula is C19H18ClF3N4O5S2. The van der Waals surface area contributed by atoms with Gasteiger partial charge in [0, 0.05) is 17.1 Å². The number of benzene rings is 1. The van der Waals surface area contributed by atoms with Crippen LogP contribution in [-0.2, 0) is 14.8 Å². The summed E-state index contributed by atoms with van der Waals surface area (Å²) in [5.41, 5.74) is 3.71. The molecule has 0 saturated carbocycles. The molecule has 4 N–H and O–H groups in total. The zero-order valence-corrected chi connectivity index (χ0v) is 20.2. The van der Waals surface area contributed by atoms with E-state index < -0.39 is 28.1 Å². The Hall–Kier alpha value is -2.94. The Bertz CT molecular complexity index is 1330. The van der Waals surface area contributed by atoms with E-state index in [1.165, 1.54) is 6.92 Å². The van der Waals surface area contributed by atoms with Crippen LogP contribution in [0.5, 0.6) is 0 Å². The van der Waals surface area contributed by atoms with Crippen LogP contribution in [0.2, 0.25) is 5.02 Å². The van der Waals surface area contributed by atoms with Gasteiger partial charge in [0.2, 0.25) is 10.0 Å². The van der Waals surface area contributed by atoms with E-state index in [4.69, 9.17) is 26.6 Å². The lowest BCUT2D eigenvalue weighted by Crippen LogP contribution is -2.21. The van der Waals surface area contributed by atoms with Crippen molar-refractivity contribution in [1.82, 2.24) is 9.55 Å². The van der Waals surface area contributed by atoms with Gasteiger partial charge in [-0.3, -0.25) is 4.79 Å². The van der Waals surface area contributed by atoms with E-state index >= 15 is 0 Å². The van der Waals surface area contributed by atoms with Crippen molar-refractivity contribution in [2.45, 2.75) is 31.2 Å². The van der Waals surface area contributed by atoms with Gasteiger partial charge in [-0.05, 0) is 50.6 Å². The Labute approximate surface area is 201 Å². The van der Waals surface area contributed by atoms with Gasteiger partial charge in [-0.15, -0.1) is 11.3 Å². The third-order valence-corrected chi connectivity index (χ3v) is 7.83. The fourth-order valence-corrected chi connectivity index (χ4v) is 5.02. The number of alkyl halides is 3. The molecule has 0 spiro atoms. The lowest BCUT2D eigenvalue weighted by atomic mass is 10.2. The van der Waals surface area contributed by atoms with Crippen molar-refractivity contribution in [2.75, 3.05) is 5.32 Å². The Kier molecular flexibility index (Phi) is 8.14. The molecule has 0 unspecified atom stereocenters. The molecule has 2 heterocycles. The summed E-state index contributed by atoms with van der Waals surface area (Å²) in [7, 11) is -3.93. The molecule has 15 heteroatoms. The maximum Gasteiger partial charge on any atom is 0.490 e. The van der Waals surface area contributed by atoms with Crippen LogP contribution in [0.4, 0.5) is 18.9 Å². The van der Waals surface area contributed by atoms with Crippen molar-refractivity contribution in [3.8, 4) is 5.69 Å². The topological polar surface area (TPSA) is 144 Å². The van der Waals surface area contributed by atoms with Crippen molar-refractivity contribution in [2.24, 2.45) is 5.14 Å². The number of aryl methyl sites for hydroxylation is 1. The summed E-state index contributed by atoms with van der Waals surface area (Å²) in [5.74, 6) is -3.25. The first-order chi connectivity index (χ1) is 15.5. The van der Waals surface area contributed by atoms with E-state index in [-0.39, 0.29) is 19.7 Å². The van der Waals surface area contributed by atoms with Crippen molar-refractivity contribution in [3.05, 3.63) is 57.4 Å². The minimum atomic E-state index is -5.08. The normalized spacial score (nSPS) is 11.5. The number of halogens is 4. The largest absolute Gasteiger partial charge is 0.490 e. The maximum absolute atomic E-state index is 12.5. The molecule has 184 valence electrons. The third kappa shape index (κ3) is 6.34. The van der Waals surface area contributed by atoms with Gasteiger partial charge in [-0.2, -0.15) is 13.2 Å². The van der Waals surface area contributed by atoms with Crippen LogP contribution in [0.1, 0.15) is 26.6 Å². The van der Waals surface area contributed by atoms with Crippen molar-refractivity contribution in [3.63, 3.8) is 0 Å². The van der Waals surface area contributed by atoms with Crippen LogP contribution in [0.25, 0.3) is 5.69 Å². The number of primary sulfonamides is 1. The molecule has 1 amide bonds. The molecule has 1 aromatic carbocycles. The molecule has 0 radical (unpaired) electrons. The highest BCUT2D eigenvalue weighted by Crippen LogP contribution is 2.35. The first kappa shape index (κ1) is 27.3. The highest BCUT2D eigenvalue weighted by atomic mass is 35.5. The zero-order chi connectivity index (χ0) is 26.0. The fraction of sp³-hybridized carbons (Fsp3) is 0.211. The Morgan fingerprint density at radius 3 is 2.09 bits per heavy atom. The number of nitrogens with one attached hydrogen (secondary N) is 1. The van der Waals surface area contributed by atoms with Gasteiger partial charge in [0.1, 0.15) is 9.09 Å². The monoisotopic (exact) mass is 538 g/mol. The average molecular weight is 539 g/mol. The van der Waals surface area contributed by atoms with E-state index in [1.807, 2.05) is 30.5 Å². The Balaban J connectivity index is 0.000000509. The van der Waals surface area contributed by atoms with Gasteiger partial charge in [0.15, 0.2) is 0 Å². The Morgan fingerprint density at radius 2 is 1.71 bits per heavy atom. The van der Waals surface area contributed by atoms with Gasteiger partial charge in [0.05, 0.1) is 17.0 Å². The van der Waals surface area contributed by atoms with Crippen LogP contribution >= 0.6 is 22.9 Å². The van der Waals surface area contributed by atoms with Crippen LogP contribution in [0.3, 0.4) is 0 Å². The summed E-state index contributed by atoms with van der Waals surface area (Å²) >= 11 is 6.88. The van der Waals surface area contributed by atoms with Crippen LogP contribution in [0, 0.1) is 20.8 Å². The predicted molar refractivity (Wildman–Crippen MR) is 120 cm³/mol. The van der Waals surface area contributed by atoms with E-state index in [2.05, 4.69) is 10.3 Å². The van der Waals surface area contributed by atoms with Gasteiger partial charge < -0.3 is 15.0 Å². The Morgan fingerprint density at radius 1 is 1.18 bits per heavy atom. The molecule has 0 fully saturated rings. The highest BCUT2D eigenvalue weighted by Gasteiger charge is 2.38. The molecule has 0 aliphatic heterocycles. The number of carboxylic acid groups (broad SMARTS) is 1. The lowest BCUT2D eigenvalue weighted by Gasteiger charge is -2.08. The van der Waals surface area contributed by atoms with Crippen molar-refractivity contribution < 1.29 is 36.3 Å². The average Bonchev–Trinajstić information content (AvgIpc) is 3.21. The summed E-state index contributed by atoms with van der Waals surface area (Å²) in [5, 5.41) is 15.1. The zero-order valence-electron chi connectivity index (χ0n) is 17.8. The minimum Gasteiger partial charge on any atom is -0.475 e. The number of carbonyl (C=O) groups excluding carboxylic acids is 1. The summed E-state index contributed by atoms with van der Waals surface area (Å²) in [6.45, 7) is 5.42. The second kappa shape index (κ2) is 10.1. The molecule has 0 saturated heterocycles. The number of imidazole rings is 1. The van der Waals surface area contributed by atoms with Crippen LogP contribution in [-0.4, -0.2) is 41.1 Å². The van der Waals surface area contributed by atoms with E-state index in [1.54, 1.807) is 18.5 Å². The standard InChI is InChI=1S/C17H17ClN4O3S2.C2HF3O2/c1-9-14(18)15(26-17(9)27(19,24)25)16(23)21-12-4-6-13(7-5-12)22-8-20-10(2)11(22)3;3-2(4,5)1(6)7/h4-8H,1-3H3,(H,21,23)(H2,19,24,25);(H,6,7). The quantitative estimate of drug-likeness (QED) is 0.457. The molecule has 9 nitrogen and oxygen atoms in total. The maximum atomic E-state index is 12.5. The van der Waals surface area contributed by atoms with Gasteiger partial charge in [-0.25, -0.2) is 23.3 Å². The number of nitrogens with two attached hydrogens (primary N) is 1. The SMILES string of the molecule is Cc1ncn(-c2ccc(NC(=O)c3sc(S(N)(=O)=O)c(C)c3Cl)cc2)c1C.O=C(O)C(F)(F)F. The number of aliphatic carboxylic acids is 1. The van der Waals surface area contributed by atoms with Crippen LogP contribution in [0.15, 0.2) is 34.8 Å². The lowest BCUT2D eigenvalue weighted by molar-refractivity contribution is -0.192. The third-order valence-electron chi connectivity index (χ3n) is 4.39. The number of anilines is 1. The summed E-state index contributed by atoms with van der Waals surface area (Å²) in [6, 6.07) is 7.19. The van der Waals surface area contributed by atoms with E-state index in [0.717, 1.165) is 28.4 Å². The molecule has 0 bridgehead atoms. The first-order valence-corrected chi connectivity index (χ1v) is 11.8. The van der Waals surface area contributed by atoms with Crippen LogP contribution < -0.4 is 10.5 Å². The summed E-state index contributed by atoms with van der Waals surface area (Å²) in [6.07, 6.45) is -3.35. The molecule has 0 atom stereocenters. The molecule has 34 heavy (non-hydrogen) atoms. The van der Waals surface area contributed by atoms with E-state index in [0.29, 0.717) is 5.69 Å². The second-order valence-electron chi connectivity index (χ2n) is 6.79. The number of carbonyl (C=O) groups is 2. The second-order valence-corrected chi connectivity index (χ2v) is 9.95. The van der Waals surface area contributed by atoms with Gasteiger partial charge in [0.25, 0.3) is 5.91 Å². The number of hydrogen-bond donors (Lipinski definition) is 3. The number of thiophene rings is 1. The number of rotatable bonds is 4. The first-order valence-electron chi connectivity index (χ1n) is 9.08. The number of hydrogen-bond acceptors (Lipinski definition) is 6. The van der Waals surface area contributed by atoms with Crippen molar-refractivity contribution in [1.29, 1.82) is 0 Å². The summed E-state index contributed by atoms with van der Waals surface area (Å²) < 4.78 is 56.8. The highest BCUT2D eigenvalue weighted by molar-refractivity contribution is 7.91. The fourth-order valence-electron chi connectivity index (χ4n) is 2.54. The number of carboxylic acids is 1. The smallest absolute Gasteiger partial charge is 0.475 e. The molecule has 0 aliphatic rings. The van der Waals surface area contributed by atoms with Gasteiger partial charge in [-0.1, -0.05) is 11.6 Å². The minimum absolute atomic E-state index is 0.0858. The molecule has 3 aromatic rings. The molecular weight excluding hydrogens is 521 g/mol.